The average Bonchev–Trinajstić information content (AvgIpc) is 3.84. The smallest absolute Gasteiger partial charge is 0.335 e. The van der Waals surface area contributed by atoms with E-state index in [1.165, 1.54) is 25.8 Å². The van der Waals surface area contributed by atoms with Crippen molar-refractivity contribution in [3.63, 3.8) is 0 Å². The van der Waals surface area contributed by atoms with Crippen LogP contribution in [0.25, 0.3) is 11.0 Å². The molecule has 1 spiro atoms. The molecule has 0 aliphatic carbocycles. The number of rotatable bonds is 3. The number of aliphatic hydroxyl groups is 1. The van der Waals surface area contributed by atoms with Gasteiger partial charge in [0.25, 0.3) is 0 Å². The van der Waals surface area contributed by atoms with Crippen LogP contribution in [0.5, 0.6) is 28.7 Å². The maximum Gasteiger partial charge on any atom is 0.335 e. The molecule has 296 valence electrons. The molecular weight excluding hydrogens is 753 g/mol. The van der Waals surface area contributed by atoms with Crippen LogP contribution in [0.4, 0.5) is 0 Å². The van der Waals surface area contributed by atoms with Crippen molar-refractivity contribution in [2.45, 2.75) is 80.7 Å². The number of nitriles is 1. The van der Waals surface area contributed by atoms with E-state index in [0.29, 0.717) is 69.4 Å². The molecule has 2 fully saturated rings. The fraction of sp³-hybridized carbons (Fsp3) is 0.452. The van der Waals surface area contributed by atoms with E-state index in [0.717, 1.165) is 22.1 Å². The number of nitrogens with zero attached hydrogens (tertiary/aromatic N) is 3. The number of phenols is 1. The molecule has 4 aromatic rings. The van der Waals surface area contributed by atoms with Gasteiger partial charge in [0, 0.05) is 64.0 Å². The van der Waals surface area contributed by atoms with Crippen LogP contribution in [-0.2, 0) is 32.7 Å². The first kappa shape index (κ1) is 36.4. The molecule has 14 nitrogen and oxygen atoms in total. The molecule has 57 heavy (non-hydrogen) atoms. The third-order valence-corrected chi connectivity index (χ3v) is 14.4. The molecule has 2 saturated heterocycles. The Morgan fingerprint density at radius 1 is 1.12 bits per heavy atom. The van der Waals surface area contributed by atoms with Gasteiger partial charge >= 0.3 is 11.9 Å². The van der Waals surface area contributed by atoms with Crippen LogP contribution >= 0.6 is 11.8 Å². The van der Waals surface area contributed by atoms with Crippen LogP contribution in [0, 0.1) is 25.2 Å². The quantitative estimate of drug-likeness (QED) is 0.197. The summed E-state index contributed by atoms with van der Waals surface area (Å²) in [5.41, 5.74) is 4.19. The van der Waals surface area contributed by atoms with Gasteiger partial charge in [0.2, 0.25) is 6.79 Å². The number of piperazine rings is 1. The number of likely N-dealkylation sites (N-methyl/N-ethyl adjacent to an activating group) is 1. The Morgan fingerprint density at radius 3 is 2.67 bits per heavy atom. The van der Waals surface area contributed by atoms with Crippen molar-refractivity contribution in [3.8, 4) is 34.8 Å². The van der Waals surface area contributed by atoms with E-state index in [9.17, 15) is 25.1 Å². The van der Waals surface area contributed by atoms with Crippen molar-refractivity contribution in [2.24, 2.45) is 0 Å². The normalized spacial score (nSPS) is 29.8. The van der Waals surface area contributed by atoms with Crippen LogP contribution in [0.15, 0.2) is 34.7 Å². The summed E-state index contributed by atoms with van der Waals surface area (Å²) >= 11 is 1.45. The zero-order valence-corrected chi connectivity index (χ0v) is 32.9. The number of nitrogens with one attached hydrogen (secondary N) is 1. The number of fused-ring (bicyclic) bond motifs is 11. The number of phenolic OH excluding ortho intramolecular Hbond substituents is 1. The number of furan rings is 1. The van der Waals surface area contributed by atoms with E-state index < -0.39 is 52.9 Å². The van der Waals surface area contributed by atoms with Gasteiger partial charge in [0.15, 0.2) is 28.5 Å². The number of methoxy groups -OCH3 is 1. The van der Waals surface area contributed by atoms with Crippen LogP contribution in [0.1, 0.15) is 69.0 Å². The molecule has 0 amide bonds. The maximum atomic E-state index is 15.0. The van der Waals surface area contributed by atoms with E-state index in [4.69, 9.17) is 28.1 Å². The zero-order valence-electron chi connectivity index (χ0n) is 32.1. The summed E-state index contributed by atoms with van der Waals surface area (Å²) in [7, 11) is 3.52. The second kappa shape index (κ2) is 13.0. The van der Waals surface area contributed by atoms with Gasteiger partial charge in [0.1, 0.15) is 29.7 Å². The van der Waals surface area contributed by atoms with Crippen LogP contribution in [-0.4, -0.2) is 96.0 Å². The number of ether oxygens (including phenoxy) is 5. The second-order valence-corrected chi connectivity index (χ2v) is 17.0. The number of hydrogen-bond donors (Lipinski definition) is 3. The zero-order chi connectivity index (χ0) is 39.7. The van der Waals surface area contributed by atoms with Crippen molar-refractivity contribution in [1.29, 1.82) is 5.26 Å². The van der Waals surface area contributed by atoms with Crippen LogP contribution in [0.2, 0.25) is 0 Å². The predicted octanol–water partition coefficient (Wildman–Crippen LogP) is 4.38. The third-order valence-electron chi connectivity index (χ3n) is 13.0. The molecule has 1 unspecified atom stereocenters. The van der Waals surface area contributed by atoms with E-state index in [2.05, 4.69) is 21.2 Å². The van der Waals surface area contributed by atoms with Crippen molar-refractivity contribution in [2.75, 3.05) is 39.9 Å². The largest absolute Gasteiger partial charge is 0.504 e. The van der Waals surface area contributed by atoms with E-state index in [-0.39, 0.29) is 37.6 Å². The lowest BCUT2D eigenvalue weighted by Crippen LogP contribution is -2.69. The fourth-order valence-electron chi connectivity index (χ4n) is 10.7. The summed E-state index contributed by atoms with van der Waals surface area (Å²) in [5.74, 6) is 0.996. The number of carbonyl (C=O) groups is 2. The van der Waals surface area contributed by atoms with Gasteiger partial charge in [-0.05, 0) is 50.9 Å². The number of aromatic hydroxyl groups is 1. The number of para-hydroxylation sites is 1. The summed E-state index contributed by atoms with van der Waals surface area (Å²) in [5, 5.41) is 37.6. The summed E-state index contributed by atoms with van der Waals surface area (Å²) in [6, 6.07) is 8.95. The van der Waals surface area contributed by atoms with Gasteiger partial charge in [-0.3, -0.25) is 19.9 Å². The number of hydrogen-bond acceptors (Lipinski definition) is 15. The van der Waals surface area contributed by atoms with Gasteiger partial charge in [-0.25, -0.2) is 4.79 Å². The molecule has 3 aromatic carbocycles. The Bertz CT molecular complexity index is 2450. The topological polar surface area (TPSA) is 176 Å². The molecule has 8 atom stereocenters. The number of esters is 2. The molecule has 0 saturated carbocycles. The van der Waals surface area contributed by atoms with Gasteiger partial charge in [-0.15, -0.1) is 11.8 Å². The Morgan fingerprint density at radius 2 is 1.91 bits per heavy atom. The average molecular weight is 795 g/mol. The van der Waals surface area contributed by atoms with Crippen LogP contribution < -0.4 is 24.3 Å². The SMILES string of the molecule is COc1c(C)cc2c(c1O)[C@H]1C3[C@@H]4SC[C@]5(N[C@H](CO)Cc6c5oc5ccccc65)C(=O)OC[C@@H](c5c6c(c(C)c(OC(C)=O)c54)OCO6)N3[C@@H](C#N)[C@H](C2)N1C. The van der Waals surface area contributed by atoms with Crippen molar-refractivity contribution in [3.05, 3.63) is 75.0 Å². The highest BCUT2D eigenvalue weighted by Crippen LogP contribution is 2.64. The van der Waals surface area contributed by atoms with E-state index in [1.54, 1.807) is 0 Å². The molecule has 8 heterocycles. The summed E-state index contributed by atoms with van der Waals surface area (Å²) in [4.78, 5) is 32.3. The minimum absolute atomic E-state index is 0.0352. The number of carbonyl (C=O) groups excluding carboxylic acids is 2. The summed E-state index contributed by atoms with van der Waals surface area (Å²) < 4.78 is 37.3. The lowest BCUT2D eigenvalue weighted by molar-refractivity contribution is -0.158. The van der Waals surface area contributed by atoms with Gasteiger partial charge in [-0.2, -0.15) is 5.26 Å². The Labute approximate surface area is 332 Å². The fourth-order valence-corrected chi connectivity index (χ4v) is 12.4. The maximum absolute atomic E-state index is 15.0. The molecule has 4 bridgehead atoms. The number of aliphatic hydroxyl groups excluding tert-OH is 1. The summed E-state index contributed by atoms with van der Waals surface area (Å²) in [6.45, 7) is 4.56. The number of aryl methyl sites for hydroxylation is 1. The highest BCUT2D eigenvalue weighted by Gasteiger charge is 2.62. The Kier molecular flexibility index (Phi) is 8.31. The molecule has 3 N–H and O–H groups in total. The molecule has 11 rings (SSSR count). The third kappa shape index (κ3) is 4.91. The van der Waals surface area contributed by atoms with E-state index in [1.807, 2.05) is 51.2 Å². The first-order valence-electron chi connectivity index (χ1n) is 19.1. The highest BCUT2D eigenvalue weighted by molar-refractivity contribution is 7.99. The highest BCUT2D eigenvalue weighted by atomic mass is 32.2. The Balaban J connectivity index is 1.26. The van der Waals surface area contributed by atoms with Gasteiger partial charge < -0.3 is 38.3 Å². The minimum Gasteiger partial charge on any atom is -0.504 e. The molecule has 15 heteroatoms. The predicted molar refractivity (Wildman–Crippen MR) is 206 cm³/mol. The molecule has 1 aromatic heterocycles. The molecular formula is C42H42N4O10S. The molecule has 0 radical (unpaired) electrons. The first-order valence-corrected chi connectivity index (χ1v) is 20.2. The van der Waals surface area contributed by atoms with Crippen molar-refractivity contribution < 1.29 is 47.9 Å². The monoisotopic (exact) mass is 794 g/mol. The van der Waals surface area contributed by atoms with Crippen LogP contribution in [0.3, 0.4) is 0 Å². The minimum atomic E-state index is -1.54. The van der Waals surface area contributed by atoms with Gasteiger partial charge in [0.05, 0.1) is 37.1 Å². The van der Waals surface area contributed by atoms with Crippen molar-refractivity contribution >= 4 is 34.7 Å². The van der Waals surface area contributed by atoms with Crippen molar-refractivity contribution in [1.82, 2.24) is 15.1 Å². The standard InChI is InChI=1S/C42H42N4O10S/c1-18-10-21-11-25-26(13-43)46-27-15-52-41(50)42(40-24(12-22(14-47)44-42)23-8-6-7-9-28(23)56-40)16-57-39(33(46)32(45(25)4)29(21)34(49)35(18)51-5)31-30(27)38-37(53-17-54-38)19(2)36(31)55-20(3)48/h6-10,22,25-27,32-33,39,44,47,49H,11-12,14-17H2,1-5H3/t22-,25-,26-,27-,32-,33?,39+,42+/m0/s1. The second-order valence-electron chi connectivity index (χ2n) is 15.9. The van der Waals surface area contributed by atoms with Gasteiger partial charge in [-0.1, -0.05) is 24.3 Å². The first-order chi connectivity index (χ1) is 27.5. The molecule has 7 aliphatic rings. The lowest BCUT2D eigenvalue weighted by Gasteiger charge is -2.62. The summed E-state index contributed by atoms with van der Waals surface area (Å²) in [6.07, 6.45) is 0.913. The van der Waals surface area contributed by atoms with E-state index >= 15 is 0 Å². The Hall–Kier alpha value is -4.98. The lowest BCUT2D eigenvalue weighted by atomic mass is 9.71. The molecule has 7 aliphatic heterocycles. The number of benzene rings is 3. The number of thioether (sulfide) groups is 1.